The molecule has 0 radical (unpaired) electrons. The summed E-state index contributed by atoms with van der Waals surface area (Å²) < 4.78 is 4.08. The average molecular weight is 272 g/mol. The molecule has 2 rings (SSSR count). The predicted molar refractivity (Wildman–Crippen MR) is 61.1 cm³/mol. The molecule has 0 aromatic heterocycles. The van der Waals surface area contributed by atoms with Crippen LogP contribution in [0.4, 0.5) is 0 Å². The largest absolute Gasteiger partial charge is 0.481 e. The molecular formula is C12H16O7. The van der Waals surface area contributed by atoms with Crippen molar-refractivity contribution in [2.75, 3.05) is 0 Å². The minimum Gasteiger partial charge on any atom is -0.481 e. The van der Waals surface area contributed by atoms with E-state index in [0.29, 0.717) is 12.8 Å². The fourth-order valence-electron chi connectivity index (χ4n) is 2.16. The van der Waals surface area contributed by atoms with Crippen molar-refractivity contribution in [2.24, 2.45) is 11.8 Å². The van der Waals surface area contributed by atoms with Crippen LogP contribution < -0.4 is 0 Å². The Labute approximate surface area is 109 Å². The number of carboxylic acids is 2. The molecule has 2 unspecified atom stereocenters. The van der Waals surface area contributed by atoms with E-state index in [0.717, 1.165) is 12.8 Å². The number of esters is 2. The maximum Gasteiger partial charge on any atom is 0.314 e. The zero-order valence-electron chi connectivity index (χ0n) is 10.3. The van der Waals surface area contributed by atoms with Crippen molar-refractivity contribution < 1.29 is 34.1 Å². The van der Waals surface area contributed by atoms with Gasteiger partial charge in [-0.3, -0.25) is 19.2 Å². The summed E-state index contributed by atoms with van der Waals surface area (Å²) in [5.74, 6) is -4.08. The van der Waals surface area contributed by atoms with Crippen molar-refractivity contribution in [3.63, 3.8) is 0 Å². The molecule has 2 aliphatic rings. The summed E-state index contributed by atoms with van der Waals surface area (Å²) in [5, 5.41) is 17.4. The zero-order valence-corrected chi connectivity index (χ0v) is 10.3. The molecule has 19 heavy (non-hydrogen) atoms. The highest BCUT2D eigenvalue weighted by Crippen LogP contribution is 2.30. The van der Waals surface area contributed by atoms with Gasteiger partial charge in [-0.25, -0.2) is 0 Å². The number of rotatable bonds is 2. The van der Waals surface area contributed by atoms with Gasteiger partial charge in [0.15, 0.2) is 0 Å². The van der Waals surface area contributed by atoms with Gasteiger partial charge in [0.2, 0.25) is 0 Å². The lowest BCUT2D eigenvalue weighted by Crippen LogP contribution is -2.32. The van der Waals surface area contributed by atoms with Gasteiger partial charge in [0.05, 0.1) is 24.7 Å². The summed E-state index contributed by atoms with van der Waals surface area (Å²) >= 11 is 0. The maximum absolute atomic E-state index is 10.6. The topological polar surface area (TPSA) is 118 Å². The van der Waals surface area contributed by atoms with E-state index in [1.54, 1.807) is 0 Å². The van der Waals surface area contributed by atoms with Gasteiger partial charge in [0.25, 0.3) is 0 Å². The Hall–Kier alpha value is -1.92. The minimum atomic E-state index is -0.970. The Balaban J connectivity index is 0.000000218. The third-order valence-corrected chi connectivity index (χ3v) is 3.16. The van der Waals surface area contributed by atoms with Gasteiger partial charge in [-0.05, 0) is 12.8 Å². The third-order valence-electron chi connectivity index (χ3n) is 3.16. The quantitative estimate of drug-likeness (QED) is 0.564. The summed E-state index contributed by atoms with van der Waals surface area (Å²) in [6, 6.07) is 0. The summed E-state index contributed by atoms with van der Waals surface area (Å²) in [6.45, 7) is 0. The van der Waals surface area contributed by atoms with Crippen LogP contribution in [-0.4, -0.2) is 34.1 Å². The molecule has 0 bridgehead atoms. The first-order valence-corrected chi connectivity index (χ1v) is 6.11. The van der Waals surface area contributed by atoms with Gasteiger partial charge >= 0.3 is 23.9 Å². The maximum atomic E-state index is 10.6. The van der Waals surface area contributed by atoms with E-state index < -0.39 is 35.7 Å². The average Bonchev–Trinajstić information content (AvgIpc) is 2.73. The van der Waals surface area contributed by atoms with Gasteiger partial charge < -0.3 is 14.9 Å². The summed E-state index contributed by atoms with van der Waals surface area (Å²) in [5.41, 5.74) is 0. The molecule has 1 heterocycles. The molecule has 0 aromatic carbocycles. The molecule has 0 aromatic rings. The van der Waals surface area contributed by atoms with Crippen molar-refractivity contribution in [2.45, 2.75) is 38.5 Å². The van der Waals surface area contributed by atoms with Crippen LogP contribution >= 0.6 is 0 Å². The number of cyclic esters (lactones) is 2. The second-order valence-electron chi connectivity index (χ2n) is 4.52. The van der Waals surface area contributed by atoms with Crippen molar-refractivity contribution in [3.8, 4) is 0 Å². The van der Waals surface area contributed by atoms with Gasteiger partial charge in [-0.15, -0.1) is 0 Å². The third kappa shape index (κ3) is 4.69. The molecule has 7 heteroatoms. The standard InChI is InChI=1S/C8H12O4.C4H4O3/c9-7(10)5-3-1-2-4-6(5)8(11)12;5-3-1-2-4(6)7-3/h5-6H,1-4H2,(H,9,10)(H,11,12);1-2H2. The summed E-state index contributed by atoms with van der Waals surface area (Å²) in [6.07, 6.45) is 3.21. The molecule has 7 nitrogen and oxygen atoms in total. The van der Waals surface area contributed by atoms with Crippen LogP contribution in [0.5, 0.6) is 0 Å². The highest BCUT2D eigenvalue weighted by molar-refractivity contribution is 5.92. The zero-order chi connectivity index (χ0) is 14.4. The molecule has 1 aliphatic carbocycles. The molecular weight excluding hydrogens is 256 g/mol. The Morgan fingerprint density at radius 2 is 1.26 bits per heavy atom. The van der Waals surface area contributed by atoms with Crippen LogP contribution in [0.15, 0.2) is 0 Å². The Bertz CT molecular complexity index is 352. The number of carboxylic acid groups (broad SMARTS) is 2. The fraction of sp³-hybridized carbons (Fsp3) is 0.667. The van der Waals surface area contributed by atoms with E-state index in [4.69, 9.17) is 10.2 Å². The second kappa shape index (κ2) is 6.86. The number of carbonyl (C=O) groups excluding carboxylic acids is 2. The van der Waals surface area contributed by atoms with Crippen LogP contribution in [0.2, 0.25) is 0 Å². The highest BCUT2D eigenvalue weighted by Gasteiger charge is 2.35. The lowest BCUT2D eigenvalue weighted by molar-refractivity contribution is -0.155. The Morgan fingerprint density at radius 1 is 0.895 bits per heavy atom. The lowest BCUT2D eigenvalue weighted by Gasteiger charge is -2.24. The van der Waals surface area contributed by atoms with Crippen molar-refractivity contribution in [1.82, 2.24) is 0 Å². The number of carbonyl (C=O) groups is 4. The Kier molecular flexibility index (Phi) is 5.47. The van der Waals surface area contributed by atoms with E-state index in [-0.39, 0.29) is 12.8 Å². The highest BCUT2D eigenvalue weighted by atomic mass is 16.6. The number of hydrogen-bond acceptors (Lipinski definition) is 5. The molecule has 2 atom stereocenters. The first kappa shape index (κ1) is 15.1. The van der Waals surface area contributed by atoms with Crippen LogP contribution in [0, 0.1) is 11.8 Å². The molecule has 2 fully saturated rings. The van der Waals surface area contributed by atoms with Crippen LogP contribution in [0.3, 0.4) is 0 Å². The van der Waals surface area contributed by atoms with E-state index in [1.807, 2.05) is 0 Å². The first-order valence-electron chi connectivity index (χ1n) is 6.11. The normalized spacial score (nSPS) is 26.1. The van der Waals surface area contributed by atoms with Crippen molar-refractivity contribution in [1.29, 1.82) is 0 Å². The molecule has 106 valence electrons. The van der Waals surface area contributed by atoms with E-state index >= 15 is 0 Å². The van der Waals surface area contributed by atoms with Crippen molar-refractivity contribution in [3.05, 3.63) is 0 Å². The van der Waals surface area contributed by atoms with Gasteiger partial charge in [-0.1, -0.05) is 12.8 Å². The second-order valence-corrected chi connectivity index (χ2v) is 4.52. The number of hydrogen-bond donors (Lipinski definition) is 2. The van der Waals surface area contributed by atoms with Crippen LogP contribution in [0.1, 0.15) is 38.5 Å². The molecule has 0 amide bonds. The van der Waals surface area contributed by atoms with Crippen molar-refractivity contribution >= 4 is 23.9 Å². The smallest absolute Gasteiger partial charge is 0.314 e. The fourth-order valence-corrected chi connectivity index (χ4v) is 2.16. The van der Waals surface area contributed by atoms with Crippen LogP contribution in [-0.2, 0) is 23.9 Å². The summed E-state index contributed by atoms with van der Waals surface area (Å²) in [7, 11) is 0. The molecule has 2 N–H and O–H groups in total. The minimum absolute atomic E-state index is 0.263. The molecule has 1 aliphatic heterocycles. The van der Waals surface area contributed by atoms with Crippen LogP contribution in [0.25, 0.3) is 0 Å². The molecule has 1 saturated heterocycles. The van der Waals surface area contributed by atoms with Gasteiger partial charge in [-0.2, -0.15) is 0 Å². The number of ether oxygens (including phenoxy) is 1. The molecule has 0 spiro atoms. The Morgan fingerprint density at radius 3 is 1.47 bits per heavy atom. The lowest BCUT2D eigenvalue weighted by atomic mass is 9.79. The predicted octanol–water partition coefficient (Wildman–Crippen LogP) is 0.812. The monoisotopic (exact) mass is 272 g/mol. The van der Waals surface area contributed by atoms with Gasteiger partial charge in [0.1, 0.15) is 0 Å². The SMILES string of the molecule is O=C(O)C1CCCCC1C(=O)O.O=C1CCC(=O)O1. The van der Waals surface area contributed by atoms with E-state index in [9.17, 15) is 19.2 Å². The number of aliphatic carboxylic acids is 2. The first-order chi connectivity index (χ1) is 8.91. The van der Waals surface area contributed by atoms with Gasteiger partial charge in [0, 0.05) is 0 Å². The van der Waals surface area contributed by atoms with E-state index in [2.05, 4.69) is 4.74 Å². The van der Waals surface area contributed by atoms with E-state index in [1.165, 1.54) is 0 Å². The summed E-state index contributed by atoms with van der Waals surface area (Å²) in [4.78, 5) is 41.2. The molecule has 1 saturated carbocycles.